The average Bonchev–Trinajstić information content (AvgIpc) is 3.23. The minimum atomic E-state index is -0.0370. The number of halogens is 1. The molecular formula is C27H31ClN6O. The Hall–Kier alpha value is -3.19. The topological polar surface area (TPSA) is 66.6 Å². The Labute approximate surface area is 210 Å². The van der Waals surface area contributed by atoms with Gasteiger partial charge in [0.15, 0.2) is 11.5 Å². The first-order valence-electron chi connectivity index (χ1n) is 12.1. The third-order valence-corrected chi connectivity index (χ3v) is 6.74. The molecule has 7 nitrogen and oxygen atoms in total. The van der Waals surface area contributed by atoms with Crippen LogP contribution < -0.4 is 4.90 Å². The molecule has 1 aliphatic heterocycles. The fourth-order valence-electron chi connectivity index (χ4n) is 4.76. The van der Waals surface area contributed by atoms with Crippen LogP contribution in [0, 0.1) is 12.3 Å². The standard InChI is InChI=1S/C27H31ClN6O/c1-17-6-8-19(9-7-17)24-30-31-25-21-11-10-20(28)14-22(21)29-26(34(24)25)32-12-13-33(18(2)16-32)23(35)15-27(3,4)5/h6-11,14,18H,12-13,15-16H2,1-5H3. The van der Waals surface area contributed by atoms with Crippen molar-refractivity contribution in [2.24, 2.45) is 5.41 Å². The monoisotopic (exact) mass is 490 g/mol. The molecule has 1 atom stereocenters. The van der Waals surface area contributed by atoms with Gasteiger partial charge in [-0.15, -0.1) is 10.2 Å². The molecule has 1 aliphatic rings. The molecule has 0 radical (unpaired) electrons. The number of aromatic nitrogens is 4. The maximum absolute atomic E-state index is 13.0. The van der Waals surface area contributed by atoms with Crippen LogP contribution in [0.15, 0.2) is 42.5 Å². The molecule has 4 aromatic rings. The molecule has 1 saturated heterocycles. The molecule has 1 fully saturated rings. The number of amides is 1. The second-order valence-electron chi connectivity index (χ2n) is 10.7. The highest BCUT2D eigenvalue weighted by molar-refractivity contribution is 6.31. The van der Waals surface area contributed by atoms with Gasteiger partial charge in [-0.2, -0.15) is 0 Å². The molecule has 182 valence electrons. The quantitative estimate of drug-likeness (QED) is 0.385. The van der Waals surface area contributed by atoms with Crippen LogP contribution in [0.5, 0.6) is 0 Å². The molecule has 8 heteroatoms. The summed E-state index contributed by atoms with van der Waals surface area (Å²) < 4.78 is 2.04. The number of rotatable bonds is 3. The van der Waals surface area contributed by atoms with Gasteiger partial charge in [-0.05, 0) is 37.5 Å². The number of nitrogens with zero attached hydrogens (tertiary/aromatic N) is 6. The fourth-order valence-corrected chi connectivity index (χ4v) is 4.93. The lowest BCUT2D eigenvalue weighted by Gasteiger charge is -2.41. The summed E-state index contributed by atoms with van der Waals surface area (Å²) in [7, 11) is 0. The molecule has 5 rings (SSSR count). The van der Waals surface area contributed by atoms with Gasteiger partial charge in [-0.25, -0.2) is 9.38 Å². The van der Waals surface area contributed by atoms with Crippen molar-refractivity contribution in [3.05, 3.63) is 53.1 Å². The maximum atomic E-state index is 13.0. The first kappa shape index (κ1) is 23.5. The second-order valence-corrected chi connectivity index (χ2v) is 11.2. The van der Waals surface area contributed by atoms with E-state index < -0.39 is 0 Å². The zero-order chi connectivity index (χ0) is 24.9. The van der Waals surface area contributed by atoms with Crippen molar-refractivity contribution in [3.63, 3.8) is 0 Å². The summed E-state index contributed by atoms with van der Waals surface area (Å²) >= 11 is 6.31. The van der Waals surface area contributed by atoms with Crippen LogP contribution in [0.3, 0.4) is 0 Å². The normalized spacial score (nSPS) is 16.9. The Kier molecular flexibility index (Phi) is 5.91. The van der Waals surface area contributed by atoms with E-state index >= 15 is 0 Å². The summed E-state index contributed by atoms with van der Waals surface area (Å²) in [4.78, 5) is 22.3. The van der Waals surface area contributed by atoms with Crippen LogP contribution in [-0.4, -0.2) is 56.1 Å². The zero-order valence-electron chi connectivity index (χ0n) is 20.9. The zero-order valence-corrected chi connectivity index (χ0v) is 21.7. The second kappa shape index (κ2) is 8.79. The first-order valence-corrected chi connectivity index (χ1v) is 12.4. The van der Waals surface area contributed by atoms with E-state index in [0.29, 0.717) is 31.1 Å². The number of hydrogen-bond acceptors (Lipinski definition) is 5. The lowest BCUT2D eigenvalue weighted by atomic mass is 9.91. The third-order valence-electron chi connectivity index (χ3n) is 6.51. The molecule has 0 spiro atoms. The SMILES string of the molecule is Cc1ccc(-c2nnc3c4ccc(Cl)cc4nc(N4CCN(C(=O)CC(C)(C)C)C(C)C4)n23)cc1. The smallest absolute Gasteiger partial charge is 0.223 e. The van der Waals surface area contributed by atoms with Crippen molar-refractivity contribution in [3.8, 4) is 11.4 Å². The van der Waals surface area contributed by atoms with Crippen molar-refractivity contribution >= 4 is 40.0 Å². The molecule has 2 aromatic heterocycles. The summed E-state index contributed by atoms with van der Waals surface area (Å²) in [6.45, 7) is 12.5. The van der Waals surface area contributed by atoms with E-state index in [1.54, 1.807) is 0 Å². The van der Waals surface area contributed by atoms with E-state index in [-0.39, 0.29) is 17.4 Å². The lowest BCUT2D eigenvalue weighted by Crippen LogP contribution is -2.55. The number of aryl methyl sites for hydroxylation is 1. The Bertz CT molecular complexity index is 1410. The maximum Gasteiger partial charge on any atom is 0.223 e. The van der Waals surface area contributed by atoms with E-state index in [2.05, 4.69) is 74.0 Å². The molecule has 1 amide bonds. The number of hydrogen-bond donors (Lipinski definition) is 0. The fraction of sp³-hybridized carbons (Fsp3) is 0.407. The van der Waals surface area contributed by atoms with Gasteiger partial charge in [0.25, 0.3) is 0 Å². The molecule has 0 saturated carbocycles. The lowest BCUT2D eigenvalue weighted by molar-refractivity contribution is -0.135. The van der Waals surface area contributed by atoms with Crippen LogP contribution in [0.25, 0.3) is 27.9 Å². The van der Waals surface area contributed by atoms with Crippen LogP contribution in [0.2, 0.25) is 5.02 Å². The minimum Gasteiger partial charge on any atom is -0.338 e. The number of benzene rings is 2. The molecule has 0 aliphatic carbocycles. The van der Waals surface area contributed by atoms with Crippen LogP contribution >= 0.6 is 11.6 Å². The van der Waals surface area contributed by atoms with Crippen molar-refractivity contribution in [1.29, 1.82) is 0 Å². The summed E-state index contributed by atoms with van der Waals surface area (Å²) in [5, 5.41) is 10.7. The van der Waals surface area contributed by atoms with Crippen molar-refractivity contribution in [2.75, 3.05) is 24.5 Å². The van der Waals surface area contributed by atoms with Gasteiger partial charge in [0.05, 0.1) is 5.52 Å². The number of piperazine rings is 1. The number of carbonyl (C=O) groups is 1. The number of fused-ring (bicyclic) bond motifs is 3. The Morgan fingerprint density at radius 3 is 2.51 bits per heavy atom. The highest BCUT2D eigenvalue weighted by atomic mass is 35.5. The highest BCUT2D eigenvalue weighted by Crippen LogP contribution is 2.31. The minimum absolute atomic E-state index is 0.0370. The predicted octanol–water partition coefficient (Wildman–Crippen LogP) is 5.38. The summed E-state index contributed by atoms with van der Waals surface area (Å²) in [6.07, 6.45) is 0.539. The first-order chi connectivity index (χ1) is 16.6. The Morgan fingerprint density at radius 1 is 1.09 bits per heavy atom. The van der Waals surface area contributed by atoms with Gasteiger partial charge in [0, 0.05) is 48.1 Å². The number of anilines is 1. The average molecular weight is 491 g/mol. The van der Waals surface area contributed by atoms with Gasteiger partial charge in [-0.1, -0.05) is 62.2 Å². The van der Waals surface area contributed by atoms with Crippen molar-refractivity contribution < 1.29 is 4.79 Å². The Balaban J connectivity index is 1.59. The summed E-state index contributed by atoms with van der Waals surface area (Å²) in [5.74, 6) is 1.72. The molecule has 0 N–H and O–H groups in total. The number of carbonyl (C=O) groups excluding carboxylic acids is 1. The highest BCUT2D eigenvalue weighted by Gasteiger charge is 2.32. The van der Waals surface area contributed by atoms with E-state index in [1.807, 2.05) is 27.5 Å². The largest absolute Gasteiger partial charge is 0.338 e. The molecule has 2 aromatic carbocycles. The Morgan fingerprint density at radius 2 is 1.83 bits per heavy atom. The van der Waals surface area contributed by atoms with Crippen LogP contribution in [0.1, 0.15) is 39.7 Å². The third kappa shape index (κ3) is 4.57. The molecule has 3 heterocycles. The van der Waals surface area contributed by atoms with Crippen molar-refractivity contribution in [1.82, 2.24) is 24.5 Å². The van der Waals surface area contributed by atoms with Gasteiger partial charge in [0.1, 0.15) is 0 Å². The summed E-state index contributed by atoms with van der Waals surface area (Å²) in [5.41, 5.74) is 3.65. The van der Waals surface area contributed by atoms with E-state index in [0.717, 1.165) is 33.9 Å². The van der Waals surface area contributed by atoms with Crippen LogP contribution in [-0.2, 0) is 4.79 Å². The van der Waals surface area contributed by atoms with Crippen molar-refractivity contribution in [2.45, 2.75) is 47.1 Å². The van der Waals surface area contributed by atoms with Gasteiger partial charge < -0.3 is 9.80 Å². The van der Waals surface area contributed by atoms with Gasteiger partial charge in [0.2, 0.25) is 11.9 Å². The van der Waals surface area contributed by atoms with E-state index in [9.17, 15) is 4.79 Å². The van der Waals surface area contributed by atoms with E-state index in [4.69, 9.17) is 16.6 Å². The molecule has 0 bridgehead atoms. The van der Waals surface area contributed by atoms with Gasteiger partial charge >= 0.3 is 0 Å². The van der Waals surface area contributed by atoms with Gasteiger partial charge in [-0.3, -0.25) is 4.79 Å². The molecule has 35 heavy (non-hydrogen) atoms. The summed E-state index contributed by atoms with van der Waals surface area (Å²) in [6, 6.07) is 14.0. The van der Waals surface area contributed by atoms with Crippen LogP contribution in [0.4, 0.5) is 5.95 Å². The molecule has 1 unspecified atom stereocenters. The predicted molar refractivity (Wildman–Crippen MR) is 141 cm³/mol. The molecular weight excluding hydrogens is 460 g/mol. The van der Waals surface area contributed by atoms with E-state index in [1.165, 1.54) is 5.56 Å².